The van der Waals surface area contributed by atoms with E-state index in [4.69, 9.17) is 16.0 Å². The van der Waals surface area contributed by atoms with E-state index in [1.54, 1.807) is 6.26 Å². The zero-order chi connectivity index (χ0) is 13.8. The fourth-order valence-corrected chi connectivity index (χ4v) is 3.48. The SMILES string of the molecule is CCCNC(c1ccoc1Cl)C1CCC(C)C(C)C1. The Hall–Kier alpha value is -0.470. The van der Waals surface area contributed by atoms with Crippen LogP contribution in [0.5, 0.6) is 0 Å². The van der Waals surface area contributed by atoms with Crippen LogP contribution in [0.4, 0.5) is 0 Å². The molecule has 0 radical (unpaired) electrons. The Kier molecular flexibility index (Phi) is 5.35. The molecule has 1 aliphatic rings. The Balaban J connectivity index is 2.11. The summed E-state index contributed by atoms with van der Waals surface area (Å²) in [6.07, 6.45) is 6.74. The van der Waals surface area contributed by atoms with E-state index in [1.807, 2.05) is 6.07 Å². The summed E-state index contributed by atoms with van der Waals surface area (Å²) >= 11 is 6.19. The lowest BCUT2D eigenvalue weighted by atomic mass is 9.72. The van der Waals surface area contributed by atoms with Crippen LogP contribution in [-0.2, 0) is 0 Å². The largest absolute Gasteiger partial charge is 0.453 e. The van der Waals surface area contributed by atoms with Gasteiger partial charge in [0.05, 0.1) is 6.26 Å². The molecular weight excluding hydrogens is 258 g/mol. The Labute approximate surface area is 121 Å². The topological polar surface area (TPSA) is 25.2 Å². The Bertz CT molecular complexity index is 390. The molecule has 4 unspecified atom stereocenters. The minimum Gasteiger partial charge on any atom is -0.453 e. The van der Waals surface area contributed by atoms with E-state index in [0.29, 0.717) is 17.2 Å². The van der Waals surface area contributed by atoms with Crippen LogP contribution in [0.2, 0.25) is 5.22 Å². The molecule has 1 heterocycles. The first-order chi connectivity index (χ1) is 9.13. The van der Waals surface area contributed by atoms with Crippen molar-refractivity contribution < 1.29 is 4.42 Å². The molecule has 4 atom stereocenters. The van der Waals surface area contributed by atoms with Crippen molar-refractivity contribution in [3.8, 4) is 0 Å². The van der Waals surface area contributed by atoms with Gasteiger partial charge in [-0.3, -0.25) is 0 Å². The summed E-state index contributed by atoms with van der Waals surface area (Å²) in [5, 5.41) is 4.23. The summed E-state index contributed by atoms with van der Waals surface area (Å²) in [6, 6.07) is 2.37. The van der Waals surface area contributed by atoms with E-state index in [2.05, 4.69) is 26.1 Å². The van der Waals surface area contributed by atoms with Gasteiger partial charge in [-0.05, 0) is 61.2 Å². The molecule has 1 fully saturated rings. The number of nitrogens with one attached hydrogen (secondary N) is 1. The van der Waals surface area contributed by atoms with Gasteiger partial charge in [0.2, 0.25) is 0 Å². The third kappa shape index (κ3) is 3.55. The molecule has 1 aliphatic carbocycles. The van der Waals surface area contributed by atoms with E-state index in [1.165, 1.54) is 19.3 Å². The van der Waals surface area contributed by atoms with Crippen molar-refractivity contribution >= 4 is 11.6 Å². The van der Waals surface area contributed by atoms with Crippen molar-refractivity contribution in [2.45, 2.75) is 52.5 Å². The van der Waals surface area contributed by atoms with Crippen LogP contribution >= 0.6 is 11.6 Å². The number of halogens is 1. The monoisotopic (exact) mass is 283 g/mol. The van der Waals surface area contributed by atoms with Crippen molar-refractivity contribution in [3.63, 3.8) is 0 Å². The minimum atomic E-state index is 0.348. The van der Waals surface area contributed by atoms with Gasteiger partial charge in [0, 0.05) is 11.6 Å². The average Bonchev–Trinajstić information content (AvgIpc) is 2.80. The van der Waals surface area contributed by atoms with Crippen LogP contribution in [0, 0.1) is 17.8 Å². The molecule has 108 valence electrons. The van der Waals surface area contributed by atoms with Gasteiger partial charge in [-0.2, -0.15) is 0 Å². The van der Waals surface area contributed by atoms with Crippen LogP contribution in [0.3, 0.4) is 0 Å². The lowest BCUT2D eigenvalue weighted by molar-refractivity contribution is 0.171. The number of hydrogen-bond donors (Lipinski definition) is 1. The third-order valence-corrected chi connectivity index (χ3v) is 5.01. The predicted molar refractivity (Wildman–Crippen MR) is 80.4 cm³/mol. The zero-order valence-corrected chi connectivity index (χ0v) is 13.0. The number of rotatable bonds is 5. The first-order valence-corrected chi connectivity index (χ1v) is 7.97. The molecule has 1 saturated carbocycles. The summed E-state index contributed by atoms with van der Waals surface area (Å²) in [6.45, 7) is 7.99. The Morgan fingerprint density at radius 3 is 2.74 bits per heavy atom. The number of furan rings is 1. The van der Waals surface area contributed by atoms with Gasteiger partial charge in [0.1, 0.15) is 0 Å². The smallest absolute Gasteiger partial charge is 0.197 e. The fraction of sp³-hybridized carbons (Fsp3) is 0.750. The zero-order valence-electron chi connectivity index (χ0n) is 12.3. The lowest BCUT2D eigenvalue weighted by Crippen LogP contribution is -2.33. The first kappa shape index (κ1) is 14.9. The van der Waals surface area contributed by atoms with E-state index >= 15 is 0 Å². The molecule has 1 aromatic rings. The molecule has 0 amide bonds. The standard InChI is InChI=1S/C16H26ClNO/c1-4-8-18-15(14-7-9-19-16(14)17)13-6-5-11(2)12(3)10-13/h7,9,11-13,15,18H,4-6,8,10H2,1-3H3. The second-order valence-electron chi connectivity index (χ2n) is 6.11. The van der Waals surface area contributed by atoms with Crippen LogP contribution in [0.25, 0.3) is 0 Å². The highest BCUT2D eigenvalue weighted by Crippen LogP contribution is 2.41. The van der Waals surface area contributed by atoms with Crippen LogP contribution in [0.1, 0.15) is 58.1 Å². The van der Waals surface area contributed by atoms with Crippen molar-refractivity contribution in [2.75, 3.05) is 6.54 Å². The maximum Gasteiger partial charge on any atom is 0.197 e. The van der Waals surface area contributed by atoms with Crippen molar-refractivity contribution in [2.24, 2.45) is 17.8 Å². The summed E-state index contributed by atoms with van der Waals surface area (Å²) < 4.78 is 5.29. The molecule has 0 saturated heterocycles. The molecule has 1 aromatic heterocycles. The van der Waals surface area contributed by atoms with Crippen LogP contribution < -0.4 is 5.32 Å². The summed E-state index contributed by atoms with van der Waals surface area (Å²) in [5.74, 6) is 2.33. The van der Waals surface area contributed by atoms with Gasteiger partial charge in [-0.15, -0.1) is 0 Å². The van der Waals surface area contributed by atoms with Crippen LogP contribution in [0.15, 0.2) is 16.7 Å². The van der Waals surface area contributed by atoms with E-state index in [-0.39, 0.29) is 0 Å². The van der Waals surface area contributed by atoms with Crippen molar-refractivity contribution in [3.05, 3.63) is 23.1 Å². The maximum absolute atomic E-state index is 6.19. The van der Waals surface area contributed by atoms with Gasteiger partial charge in [0.15, 0.2) is 5.22 Å². The summed E-state index contributed by atoms with van der Waals surface area (Å²) in [7, 11) is 0. The molecule has 0 bridgehead atoms. The molecule has 3 heteroatoms. The highest BCUT2D eigenvalue weighted by Gasteiger charge is 2.32. The molecule has 0 aromatic carbocycles. The van der Waals surface area contributed by atoms with E-state index < -0.39 is 0 Å². The molecule has 2 rings (SSSR count). The van der Waals surface area contributed by atoms with E-state index in [0.717, 1.165) is 30.4 Å². The highest BCUT2D eigenvalue weighted by atomic mass is 35.5. The molecule has 2 nitrogen and oxygen atoms in total. The second-order valence-corrected chi connectivity index (χ2v) is 6.45. The highest BCUT2D eigenvalue weighted by molar-refractivity contribution is 6.29. The summed E-state index contributed by atoms with van der Waals surface area (Å²) in [5.41, 5.74) is 1.14. The van der Waals surface area contributed by atoms with E-state index in [9.17, 15) is 0 Å². The van der Waals surface area contributed by atoms with Gasteiger partial charge < -0.3 is 9.73 Å². The van der Waals surface area contributed by atoms with Gasteiger partial charge in [-0.25, -0.2) is 0 Å². The number of hydrogen-bond acceptors (Lipinski definition) is 2. The predicted octanol–water partition coefficient (Wildman–Crippen LogP) is 5.05. The van der Waals surface area contributed by atoms with Gasteiger partial charge >= 0.3 is 0 Å². The lowest BCUT2D eigenvalue weighted by Gasteiger charge is -2.37. The Morgan fingerprint density at radius 2 is 2.16 bits per heavy atom. The van der Waals surface area contributed by atoms with Crippen molar-refractivity contribution in [1.82, 2.24) is 5.32 Å². The second kappa shape index (κ2) is 6.81. The van der Waals surface area contributed by atoms with Crippen molar-refractivity contribution in [1.29, 1.82) is 0 Å². The summed E-state index contributed by atoms with van der Waals surface area (Å²) in [4.78, 5) is 0. The van der Waals surface area contributed by atoms with Gasteiger partial charge in [0.25, 0.3) is 0 Å². The fourth-order valence-electron chi connectivity index (χ4n) is 3.25. The Morgan fingerprint density at radius 1 is 1.37 bits per heavy atom. The minimum absolute atomic E-state index is 0.348. The first-order valence-electron chi connectivity index (χ1n) is 7.59. The molecule has 0 aliphatic heterocycles. The molecule has 1 N–H and O–H groups in total. The third-order valence-electron chi connectivity index (χ3n) is 4.71. The molecule has 19 heavy (non-hydrogen) atoms. The average molecular weight is 284 g/mol. The molecular formula is C16H26ClNO. The quantitative estimate of drug-likeness (QED) is 0.818. The maximum atomic E-state index is 6.19. The van der Waals surface area contributed by atoms with Gasteiger partial charge in [-0.1, -0.05) is 27.2 Å². The van der Waals surface area contributed by atoms with Crippen LogP contribution in [-0.4, -0.2) is 6.54 Å². The normalized spacial score (nSPS) is 29.4. The molecule has 0 spiro atoms.